The van der Waals surface area contributed by atoms with E-state index in [2.05, 4.69) is 0 Å². The van der Waals surface area contributed by atoms with Crippen molar-refractivity contribution in [2.24, 2.45) is 0 Å². The van der Waals surface area contributed by atoms with Gasteiger partial charge in [0, 0.05) is 0 Å². The summed E-state index contributed by atoms with van der Waals surface area (Å²) in [5, 5.41) is 0. The maximum Gasteiger partial charge on any atom is 0.338 e. The minimum Gasteiger partial charge on any atom is -0.451 e. The topological polar surface area (TPSA) is 38.8 Å². The van der Waals surface area contributed by atoms with Gasteiger partial charge in [-0.15, -0.1) is 0 Å². The van der Waals surface area contributed by atoms with Gasteiger partial charge >= 0.3 is 5.97 Å². The molecular formula is C16H14O3. The number of esters is 1. The van der Waals surface area contributed by atoms with E-state index in [1.807, 2.05) is 48.5 Å². The third-order valence-electron chi connectivity index (χ3n) is 3.07. The second-order valence-electron chi connectivity index (χ2n) is 4.47. The molecule has 0 amide bonds. The summed E-state index contributed by atoms with van der Waals surface area (Å²) in [5.41, 5.74) is 1.53. The molecule has 0 saturated carbocycles. The number of rotatable bonds is 4. The van der Waals surface area contributed by atoms with Crippen molar-refractivity contribution >= 4 is 5.97 Å². The van der Waals surface area contributed by atoms with Gasteiger partial charge in [0.15, 0.2) is 6.10 Å². The fourth-order valence-corrected chi connectivity index (χ4v) is 1.99. The highest BCUT2D eigenvalue weighted by molar-refractivity contribution is 5.89. The van der Waals surface area contributed by atoms with Crippen LogP contribution < -0.4 is 0 Å². The molecule has 0 bridgehead atoms. The van der Waals surface area contributed by atoms with Gasteiger partial charge in [0.2, 0.25) is 0 Å². The van der Waals surface area contributed by atoms with Crippen LogP contribution in [0, 0.1) is 0 Å². The van der Waals surface area contributed by atoms with E-state index in [0.717, 1.165) is 5.56 Å². The first-order valence-corrected chi connectivity index (χ1v) is 6.27. The quantitative estimate of drug-likeness (QED) is 0.622. The molecule has 0 spiro atoms. The Labute approximate surface area is 111 Å². The van der Waals surface area contributed by atoms with Crippen LogP contribution in [0.15, 0.2) is 60.7 Å². The van der Waals surface area contributed by atoms with Gasteiger partial charge in [-0.3, -0.25) is 0 Å². The Morgan fingerprint density at radius 2 is 1.63 bits per heavy atom. The summed E-state index contributed by atoms with van der Waals surface area (Å²) in [6, 6.07) is 18.7. The van der Waals surface area contributed by atoms with Gasteiger partial charge in [-0.25, -0.2) is 4.79 Å². The summed E-state index contributed by atoms with van der Waals surface area (Å²) in [6.07, 6.45) is -0.344. The lowest BCUT2D eigenvalue weighted by molar-refractivity contribution is 0.0224. The van der Waals surface area contributed by atoms with E-state index in [9.17, 15) is 4.79 Å². The van der Waals surface area contributed by atoms with E-state index in [-0.39, 0.29) is 18.2 Å². The summed E-state index contributed by atoms with van der Waals surface area (Å²) < 4.78 is 10.9. The smallest absolute Gasteiger partial charge is 0.338 e. The predicted octanol–water partition coefficient (Wildman–Crippen LogP) is 2.98. The summed E-state index contributed by atoms with van der Waals surface area (Å²) in [6.45, 7) is 0.641. The van der Waals surface area contributed by atoms with Crippen LogP contribution in [0.25, 0.3) is 0 Å². The first kappa shape index (κ1) is 11.9. The maximum atomic E-state index is 12.1. The summed E-state index contributed by atoms with van der Waals surface area (Å²) in [4.78, 5) is 12.1. The molecule has 0 aromatic heterocycles. The fraction of sp³-hybridized carbons (Fsp3) is 0.188. The highest BCUT2D eigenvalue weighted by atomic mass is 16.6. The standard InChI is InChI=1S/C16H14O3/c17-16(13-9-5-2-6-10-13)19-15(14-11-18-14)12-7-3-1-4-8-12/h1-10,14-15H,11H2/t14-,15+/m1/s1. The van der Waals surface area contributed by atoms with Crippen LogP contribution in [0.5, 0.6) is 0 Å². The number of hydrogen-bond donors (Lipinski definition) is 0. The molecular weight excluding hydrogens is 240 g/mol. The minimum atomic E-state index is -0.325. The van der Waals surface area contributed by atoms with Gasteiger partial charge in [-0.05, 0) is 17.7 Å². The molecule has 0 unspecified atom stereocenters. The molecule has 0 N–H and O–H groups in total. The number of epoxide rings is 1. The molecule has 19 heavy (non-hydrogen) atoms. The van der Waals surface area contributed by atoms with E-state index in [1.54, 1.807) is 12.1 Å². The number of carbonyl (C=O) groups excluding carboxylic acids is 1. The Morgan fingerprint density at radius 1 is 1.05 bits per heavy atom. The first-order valence-electron chi connectivity index (χ1n) is 6.27. The van der Waals surface area contributed by atoms with E-state index >= 15 is 0 Å². The lowest BCUT2D eigenvalue weighted by Crippen LogP contribution is -2.16. The predicted molar refractivity (Wildman–Crippen MR) is 70.8 cm³/mol. The van der Waals surface area contributed by atoms with Gasteiger partial charge in [-0.2, -0.15) is 0 Å². The molecule has 96 valence electrons. The SMILES string of the molecule is O=C(O[C@@H](c1ccccc1)[C@H]1CO1)c1ccccc1. The highest BCUT2D eigenvalue weighted by Gasteiger charge is 2.37. The van der Waals surface area contributed by atoms with Crippen LogP contribution in [0.3, 0.4) is 0 Å². The Kier molecular flexibility index (Phi) is 3.29. The molecule has 3 heteroatoms. The van der Waals surface area contributed by atoms with Crippen molar-refractivity contribution < 1.29 is 14.3 Å². The van der Waals surface area contributed by atoms with E-state index < -0.39 is 0 Å². The average Bonchev–Trinajstić information content (AvgIpc) is 3.31. The van der Waals surface area contributed by atoms with Crippen LogP contribution in [-0.2, 0) is 9.47 Å². The third kappa shape index (κ3) is 2.83. The van der Waals surface area contributed by atoms with Crippen molar-refractivity contribution in [1.29, 1.82) is 0 Å². The van der Waals surface area contributed by atoms with Gasteiger partial charge < -0.3 is 9.47 Å². The Bertz CT molecular complexity index is 547. The largest absolute Gasteiger partial charge is 0.451 e. The van der Waals surface area contributed by atoms with E-state index in [4.69, 9.17) is 9.47 Å². The summed E-state index contributed by atoms with van der Waals surface area (Å²) in [5.74, 6) is -0.315. The van der Waals surface area contributed by atoms with Crippen molar-refractivity contribution in [2.45, 2.75) is 12.2 Å². The lowest BCUT2D eigenvalue weighted by atomic mass is 10.1. The first-order chi connectivity index (χ1) is 9.34. The van der Waals surface area contributed by atoms with Crippen LogP contribution in [0.4, 0.5) is 0 Å². The number of carbonyl (C=O) groups is 1. The molecule has 0 radical (unpaired) electrons. The number of hydrogen-bond acceptors (Lipinski definition) is 3. The third-order valence-corrected chi connectivity index (χ3v) is 3.07. The zero-order valence-electron chi connectivity index (χ0n) is 10.4. The molecule has 3 rings (SSSR count). The zero-order chi connectivity index (χ0) is 13.1. The Hall–Kier alpha value is -2.13. The second kappa shape index (κ2) is 5.24. The van der Waals surface area contributed by atoms with Gasteiger partial charge in [0.1, 0.15) is 6.10 Å². The normalized spacial score (nSPS) is 18.6. The molecule has 2 atom stereocenters. The zero-order valence-corrected chi connectivity index (χ0v) is 10.4. The highest BCUT2D eigenvalue weighted by Crippen LogP contribution is 2.31. The van der Waals surface area contributed by atoms with Crippen molar-refractivity contribution in [3.05, 3.63) is 71.8 Å². The summed E-state index contributed by atoms with van der Waals surface area (Å²) in [7, 11) is 0. The molecule has 2 aromatic rings. The van der Waals surface area contributed by atoms with E-state index in [1.165, 1.54) is 0 Å². The van der Waals surface area contributed by atoms with Crippen molar-refractivity contribution in [1.82, 2.24) is 0 Å². The van der Waals surface area contributed by atoms with Crippen molar-refractivity contribution in [2.75, 3.05) is 6.61 Å². The lowest BCUT2D eigenvalue weighted by Gasteiger charge is -2.16. The molecule has 1 saturated heterocycles. The van der Waals surface area contributed by atoms with Crippen molar-refractivity contribution in [3.63, 3.8) is 0 Å². The molecule has 0 aliphatic carbocycles. The fourth-order valence-electron chi connectivity index (χ4n) is 1.99. The van der Waals surface area contributed by atoms with Crippen LogP contribution in [-0.4, -0.2) is 18.7 Å². The molecule has 3 nitrogen and oxygen atoms in total. The molecule has 1 aliphatic heterocycles. The van der Waals surface area contributed by atoms with Gasteiger partial charge in [0.25, 0.3) is 0 Å². The molecule has 1 fully saturated rings. The van der Waals surface area contributed by atoms with Gasteiger partial charge in [-0.1, -0.05) is 48.5 Å². The second-order valence-corrected chi connectivity index (χ2v) is 4.47. The monoisotopic (exact) mass is 254 g/mol. The minimum absolute atomic E-state index is 0.0185. The average molecular weight is 254 g/mol. The maximum absolute atomic E-state index is 12.1. The Morgan fingerprint density at radius 3 is 2.21 bits per heavy atom. The van der Waals surface area contributed by atoms with Crippen molar-refractivity contribution in [3.8, 4) is 0 Å². The van der Waals surface area contributed by atoms with E-state index in [0.29, 0.717) is 12.2 Å². The molecule has 2 aromatic carbocycles. The molecule has 1 heterocycles. The number of ether oxygens (including phenoxy) is 2. The van der Waals surface area contributed by atoms with Crippen LogP contribution in [0.2, 0.25) is 0 Å². The van der Waals surface area contributed by atoms with Gasteiger partial charge in [0.05, 0.1) is 12.2 Å². The van der Waals surface area contributed by atoms with Crippen LogP contribution >= 0.6 is 0 Å². The summed E-state index contributed by atoms with van der Waals surface area (Å²) >= 11 is 0. The van der Waals surface area contributed by atoms with Crippen LogP contribution in [0.1, 0.15) is 22.0 Å². The number of benzene rings is 2. The molecule has 1 aliphatic rings. The Balaban J connectivity index is 1.78.